The fraction of sp³-hybridized carbons (Fsp3) is 0.222. The third-order valence-electron chi connectivity index (χ3n) is 2.00. The molecule has 0 aromatic heterocycles. The summed E-state index contributed by atoms with van der Waals surface area (Å²) in [6, 6.07) is 2.49. The molecule has 0 spiro atoms. The number of benzene rings is 1. The van der Waals surface area contributed by atoms with Crippen LogP contribution in [0.1, 0.15) is 10.4 Å². The van der Waals surface area contributed by atoms with Crippen LogP contribution in [0.15, 0.2) is 12.1 Å². The quantitative estimate of drug-likeness (QED) is 0.285. The van der Waals surface area contributed by atoms with E-state index in [0.29, 0.717) is 0 Å². The van der Waals surface area contributed by atoms with Gasteiger partial charge in [0.05, 0.1) is 23.6 Å². The predicted octanol–water partition coefficient (Wildman–Crippen LogP) is 1.61. The van der Waals surface area contributed by atoms with Crippen LogP contribution in [-0.4, -0.2) is 23.7 Å². The SMILES string of the molecule is COc1ccc([N+](=O)[O-])c(C(=O)CCl)c1N. The van der Waals surface area contributed by atoms with Crippen LogP contribution in [-0.2, 0) is 0 Å². The average molecular weight is 245 g/mol. The summed E-state index contributed by atoms with van der Waals surface area (Å²) in [5, 5.41) is 10.7. The van der Waals surface area contributed by atoms with Crippen molar-refractivity contribution in [1.82, 2.24) is 0 Å². The number of anilines is 1. The number of methoxy groups -OCH3 is 1. The molecule has 0 fully saturated rings. The number of Topliss-reactive ketones (excluding diaryl/α,β-unsaturated/α-hetero) is 1. The van der Waals surface area contributed by atoms with Crippen molar-refractivity contribution in [2.45, 2.75) is 0 Å². The van der Waals surface area contributed by atoms with Crippen molar-refractivity contribution >= 4 is 28.8 Å². The molecule has 2 N–H and O–H groups in total. The van der Waals surface area contributed by atoms with Crippen LogP contribution in [0.25, 0.3) is 0 Å². The largest absolute Gasteiger partial charge is 0.495 e. The van der Waals surface area contributed by atoms with Gasteiger partial charge < -0.3 is 10.5 Å². The molecule has 0 saturated heterocycles. The second-order valence-corrected chi connectivity index (χ2v) is 3.16. The molecule has 0 saturated carbocycles. The zero-order valence-electron chi connectivity index (χ0n) is 8.40. The molecule has 0 amide bonds. The number of nitro benzene ring substituents is 1. The molecule has 1 aromatic rings. The number of alkyl halides is 1. The zero-order chi connectivity index (χ0) is 12.3. The number of carbonyl (C=O) groups excluding carboxylic acids is 1. The maximum Gasteiger partial charge on any atom is 0.282 e. The maximum atomic E-state index is 11.5. The molecule has 0 bridgehead atoms. The summed E-state index contributed by atoms with van der Waals surface area (Å²) in [6.07, 6.45) is 0. The van der Waals surface area contributed by atoms with Crippen molar-refractivity contribution in [1.29, 1.82) is 0 Å². The Morgan fingerprint density at radius 1 is 1.62 bits per heavy atom. The first kappa shape index (κ1) is 12.3. The normalized spacial score (nSPS) is 9.88. The second kappa shape index (κ2) is 4.80. The summed E-state index contributed by atoms with van der Waals surface area (Å²) in [5.41, 5.74) is 4.95. The highest BCUT2D eigenvalue weighted by Crippen LogP contribution is 2.33. The van der Waals surface area contributed by atoms with E-state index in [-0.39, 0.29) is 28.6 Å². The highest BCUT2D eigenvalue weighted by Gasteiger charge is 2.24. The van der Waals surface area contributed by atoms with Gasteiger partial charge in [-0.15, -0.1) is 11.6 Å². The van der Waals surface area contributed by atoms with Crippen LogP contribution >= 0.6 is 11.6 Å². The third kappa shape index (κ3) is 2.06. The number of nitrogens with zero attached hydrogens (tertiary/aromatic N) is 1. The van der Waals surface area contributed by atoms with Gasteiger partial charge in [-0.3, -0.25) is 14.9 Å². The molecule has 0 aliphatic heterocycles. The average Bonchev–Trinajstić information content (AvgIpc) is 2.27. The van der Waals surface area contributed by atoms with Gasteiger partial charge in [0.25, 0.3) is 5.69 Å². The van der Waals surface area contributed by atoms with Crippen molar-refractivity contribution in [3.8, 4) is 5.75 Å². The Balaban J connectivity index is 3.48. The van der Waals surface area contributed by atoms with E-state index in [9.17, 15) is 14.9 Å². The Labute approximate surface area is 96.1 Å². The van der Waals surface area contributed by atoms with E-state index in [1.807, 2.05) is 0 Å². The number of hydrogen-bond donors (Lipinski definition) is 1. The minimum Gasteiger partial charge on any atom is -0.495 e. The van der Waals surface area contributed by atoms with E-state index in [2.05, 4.69) is 0 Å². The summed E-state index contributed by atoms with van der Waals surface area (Å²) < 4.78 is 4.87. The number of nitrogens with two attached hydrogens (primary N) is 1. The molecule has 0 aliphatic carbocycles. The van der Waals surface area contributed by atoms with E-state index in [1.165, 1.54) is 13.2 Å². The molecule has 0 atom stereocenters. The van der Waals surface area contributed by atoms with Gasteiger partial charge in [0.2, 0.25) is 0 Å². The van der Waals surface area contributed by atoms with Crippen molar-refractivity contribution in [2.24, 2.45) is 0 Å². The van der Waals surface area contributed by atoms with Gasteiger partial charge in [-0.1, -0.05) is 0 Å². The van der Waals surface area contributed by atoms with Crippen LogP contribution in [0.4, 0.5) is 11.4 Å². The zero-order valence-corrected chi connectivity index (χ0v) is 9.15. The maximum absolute atomic E-state index is 11.5. The van der Waals surface area contributed by atoms with Crippen LogP contribution in [0, 0.1) is 10.1 Å². The van der Waals surface area contributed by atoms with Crippen LogP contribution in [0.3, 0.4) is 0 Å². The lowest BCUT2D eigenvalue weighted by Gasteiger charge is -2.08. The standard InChI is InChI=1S/C9H9ClN2O4/c1-16-7-3-2-5(12(14)15)8(9(7)11)6(13)4-10/h2-3H,4,11H2,1H3. The van der Waals surface area contributed by atoms with Crippen LogP contribution in [0.5, 0.6) is 5.75 Å². The first-order valence-electron chi connectivity index (χ1n) is 4.23. The summed E-state index contributed by atoms with van der Waals surface area (Å²) in [4.78, 5) is 21.5. The van der Waals surface area contributed by atoms with Crippen LogP contribution in [0.2, 0.25) is 0 Å². The molecule has 1 rings (SSSR count). The molecule has 0 aliphatic rings. The number of nitrogen functional groups attached to an aromatic ring is 1. The fourth-order valence-electron chi connectivity index (χ4n) is 1.28. The molecule has 7 heteroatoms. The lowest BCUT2D eigenvalue weighted by Crippen LogP contribution is -2.10. The molecular formula is C9H9ClN2O4. The monoisotopic (exact) mass is 244 g/mol. The van der Waals surface area contributed by atoms with Crippen molar-refractivity contribution in [2.75, 3.05) is 18.7 Å². The summed E-state index contributed by atoms with van der Waals surface area (Å²) in [7, 11) is 1.35. The Morgan fingerprint density at radius 3 is 2.69 bits per heavy atom. The number of nitro groups is 1. The number of hydrogen-bond acceptors (Lipinski definition) is 5. The molecule has 6 nitrogen and oxygen atoms in total. The number of rotatable bonds is 4. The van der Waals surface area contributed by atoms with E-state index in [4.69, 9.17) is 22.1 Å². The van der Waals surface area contributed by atoms with E-state index in [1.54, 1.807) is 0 Å². The Bertz CT molecular complexity index is 447. The second-order valence-electron chi connectivity index (χ2n) is 2.89. The number of ether oxygens (including phenoxy) is 1. The molecule has 0 radical (unpaired) electrons. The Kier molecular flexibility index (Phi) is 3.68. The van der Waals surface area contributed by atoms with Gasteiger partial charge in [0, 0.05) is 6.07 Å². The first-order valence-corrected chi connectivity index (χ1v) is 4.76. The number of ketones is 1. The summed E-state index contributed by atoms with van der Waals surface area (Å²) >= 11 is 5.36. The molecule has 0 heterocycles. The van der Waals surface area contributed by atoms with E-state index < -0.39 is 10.7 Å². The molecule has 0 unspecified atom stereocenters. The van der Waals surface area contributed by atoms with Crippen molar-refractivity contribution < 1.29 is 14.5 Å². The minimum absolute atomic E-state index is 0.0673. The smallest absolute Gasteiger partial charge is 0.282 e. The lowest BCUT2D eigenvalue weighted by molar-refractivity contribution is -0.385. The number of halogens is 1. The molecule has 1 aromatic carbocycles. The topological polar surface area (TPSA) is 95.5 Å². The fourth-order valence-corrected chi connectivity index (χ4v) is 1.41. The van der Waals surface area contributed by atoms with Gasteiger partial charge in [0.15, 0.2) is 5.78 Å². The van der Waals surface area contributed by atoms with Crippen LogP contribution < -0.4 is 10.5 Å². The molecule has 16 heavy (non-hydrogen) atoms. The van der Waals surface area contributed by atoms with E-state index >= 15 is 0 Å². The first-order chi connectivity index (χ1) is 7.52. The van der Waals surface area contributed by atoms with Crippen molar-refractivity contribution in [3.63, 3.8) is 0 Å². The Hall–Kier alpha value is -1.82. The van der Waals surface area contributed by atoms with Gasteiger partial charge in [-0.25, -0.2) is 0 Å². The van der Waals surface area contributed by atoms with Gasteiger partial charge in [-0.05, 0) is 6.07 Å². The lowest BCUT2D eigenvalue weighted by atomic mass is 10.1. The highest BCUT2D eigenvalue weighted by molar-refractivity contribution is 6.31. The highest BCUT2D eigenvalue weighted by atomic mass is 35.5. The summed E-state index contributed by atoms with van der Waals surface area (Å²) in [5.74, 6) is -0.776. The molecular weight excluding hydrogens is 236 g/mol. The van der Waals surface area contributed by atoms with Crippen molar-refractivity contribution in [3.05, 3.63) is 27.8 Å². The minimum atomic E-state index is -0.685. The predicted molar refractivity (Wildman–Crippen MR) is 59.1 cm³/mol. The van der Waals surface area contributed by atoms with E-state index in [0.717, 1.165) is 6.07 Å². The van der Waals surface area contributed by atoms with Gasteiger partial charge in [-0.2, -0.15) is 0 Å². The van der Waals surface area contributed by atoms with Gasteiger partial charge in [0.1, 0.15) is 11.3 Å². The van der Waals surface area contributed by atoms with Gasteiger partial charge >= 0.3 is 0 Å². The molecule has 86 valence electrons. The number of carbonyl (C=O) groups is 1. The third-order valence-corrected chi connectivity index (χ3v) is 2.24. The Morgan fingerprint density at radius 2 is 2.25 bits per heavy atom. The summed E-state index contributed by atoms with van der Waals surface area (Å²) in [6.45, 7) is 0.